The van der Waals surface area contributed by atoms with Crippen LogP contribution in [-0.4, -0.2) is 28.8 Å². The topological polar surface area (TPSA) is 59.0 Å². The van der Waals surface area contributed by atoms with Crippen LogP contribution < -0.4 is 10.6 Å². The highest BCUT2D eigenvalue weighted by atomic mass is 16.1. The molecule has 0 saturated carbocycles. The maximum Gasteiger partial charge on any atom is 0.253 e. The monoisotopic (exact) mass is 270 g/mol. The summed E-state index contributed by atoms with van der Waals surface area (Å²) in [6.45, 7) is 2.19. The Labute approximate surface area is 118 Å². The lowest BCUT2D eigenvalue weighted by atomic mass is 9.99. The number of rotatable bonds is 4. The highest BCUT2D eigenvalue weighted by Gasteiger charge is 2.16. The first-order valence-electron chi connectivity index (χ1n) is 6.96. The molecule has 3 rings (SSSR count). The van der Waals surface area contributed by atoms with Crippen molar-refractivity contribution in [3.05, 3.63) is 47.8 Å². The first-order valence-corrected chi connectivity index (χ1v) is 6.96. The van der Waals surface area contributed by atoms with Crippen molar-refractivity contribution in [3.63, 3.8) is 0 Å². The van der Waals surface area contributed by atoms with Crippen LogP contribution in [0.1, 0.15) is 22.3 Å². The number of carbonyl (C=O) groups is 1. The molecular formula is C15H18N4O. The van der Waals surface area contributed by atoms with E-state index in [-0.39, 0.29) is 5.91 Å². The first kappa shape index (κ1) is 12.7. The molecule has 1 aliphatic rings. The van der Waals surface area contributed by atoms with Gasteiger partial charge in [0, 0.05) is 25.5 Å². The average Bonchev–Trinajstić information content (AvgIpc) is 3.00. The quantitative estimate of drug-likeness (QED) is 0.888. The Morgan fingerprint density at radius 2 is 2.35 bits per heavy atom. The van der Waals surface area contributed by atoms with Crippen LogP contribution >= 0.6 is 0 Å². The number of aromatic nitrogens is 2. The second-order valence-electron chi connectivity index (χ2n) is 4.90. The Morgan fingerprint density at radius 3 is 3.20 bits per heavy atom. The number of nitrogens with zero attached hydrogens (tertiary/aromatic N) is 2. The van der Waals surface area contributed by atoms with Gasteiger partial charge in [-0.3, -0.25) is 9.48 Å². The van der Waals surface area contributed by atoms with Crippen molar-refractivity contribution < 1.29 is 4.79 Å². The minimum atomic E-state index is -0.0246. The number of anilines is 1. The Hall–Kier alpha value is -2.30. The summed E-state index contributed by atoms with van der Waals surface area (Å²) in [6.07, 6.45) is 5.78. The van der Waals surface area contributed by atoms with E-state index in [0.717, 1.165) is 30.6 Å². The fourth-order valence-electron chi connectivity index (χ4n) is 2.51. The zero-order valence-electron chi connectivity index (χ0n) is 11.3. The van der Waals surface area contributed by atoms with Crippen molar-refractivity contribution in [2.75, 3.05) is 18.4 Å². The van der Waals surface area contributed by atoms with Gasteiger partial charge in [0.15, 0.2) is 0 Å². The fourth-order valence-corrected chi connectivity index (χ4v) is 2.51. The van der Waals surface area contributed by atoms with Gasteiger partial charge in [0.1, 0.15) is 0 Å². The lowest BCUT2D eigenvalue weighted by Gasteiger charge is -2.20. The third kappa shape index (κ3) is 2.66. The number of carbonyl (C=O) groups excluding carboxylic acids is 1. The van der Waals surface area contributed by atoms with Crippen LogP contribution in [0.15, 0.2) is 36.7 Å². The molecule has 5 nitrogen and oxygen atoms in total. The summed E-state index contributed by atoms with van der Waals surface area (Å²) < 4.78 is 1.80. The third-order valence-corrected chi connectivity index (χ3v) is 3.51. The second kappa shape index (κ2) is 5.77. The lowest BCUT2D eigenvalue weighted by Crippen LogP contribution is -2.29. The van der Waals surface area contributed by atoms with Gasteiger partial charge in [0.25, 0.3) is 5.91 Å². The number of amides is 1. The number of para-hydroxylation sites is 1. The molecule has 1 aromatic carbocycles. The molecule has 104 valence electrons. The molecule has 0 fully saturated rings. The second-order valence-corrected chi connectivity index (χ2v) is 4.90. The van der Waals surface area contributed by atoms with Crippen molar-refractivity contribution in [3.8, 4) is 0 Å². The molecule has 2 aromatic rings. The van der Waals surface area contributed by atoms with Gasteiger partial charge < -0.3 is 10.6 Å². The van der Waals surface area contributed by atoms with Crippen LogP contribution in [0, 0.1) is 0 Å². The van der Waals surface area contributed by atoms with Crippen LogP contribution in [0.2, 0.25) is 0 Å². The van der Waals surface area contributed by atoms with Crippen molar-refractivity contribution in [1.29, 1.82) is 0 Å². The fraction of sp³-hybridized carbons (Fsp3) is 0.333. The van der Waals surface area contributed by atoms with Gasteiger partial charge in [-0.15, -0.1) is 0 Å². The van der Waals surface area contributed by atoms with E-state index < -0.39 is 0 Å². The van der Waals surface area contributed by atoms with Crippen molar-refractivity contribution in [2.45, 2.75) is 19.4 Å². The van der Waals surface area contributed by atoms with E-state index in [2.05, 4.69) is 21.8 Å². The highest BCUT2D eigenvalue weighted by Crippen LogP contribution is 2.25. The molecule has 0 atom stereocenters. The van der Waals surface area contributed by atoms with E-state index in [1.54, 1.807) is 10.9 Å². The third-order valence-electron chi connectivity index (χ3n) is 3.51. The number of fused-ring (bicyclic) bond motifs is 1. The number of benzene rings is 1. The van der Waals surface area contributed by atoms with Crippen LogP contribution in [0.5, 0.6) is 0 Å². The predicted octanol–water partition coefficient (Wildman–Crippen LogP) is 1.67. The van der Waals surface area contributed by atoms with Gasteiger partial charge >= 0.3 is 0 Å². The molecule has 1 aromatic heterocycles. The van der Waals surface area contributed by atoms with Crippen LogP contribution in [0.4, 0.5) is 5.69 Å². The molecule has 0 spiro atoms. The molecule has 1 amide bonds. The smallest absolute Gasteiger partial charge is 0.253 e. The van der Waals surface area contributed by atoms with Crippen molar-refractivity contribution in [2.24, 2.45) is 0 Å². The maximum absolute atomic E-state index is 12.3. The highest BCUT2D eigenvalue weighted by molar-refractivity contribution is 6.00. The van der Waals surface area contributed by atoms with Gasteiger partial charge in [0.05, 0.1) is 17.8 Å². The van der Waals surface area contributed by atoms with E-state index in [9.17, 15) is 4.79 Å². The molecular weight excluding hydrogens is 252 g/mol. The van der Waals surface area contributed by atoms with E-state index in [4.69, 9.17) is 0 Å². The zero-order chi connectivity index (χ0) is 13.8. The number of aryl methyl sites for hydroxylation is 1. The van der Waals surface area contributed by atoms with Gasteiger partial charge in [-0.2, -0.15) is 5.10 Å². The summed E-state index contributed by atoms with van der Waals surface area (Å²) in [5, 5.41) is 10.4. The number of hydrogen-bond donors (Lipinski definition) is 2. The summed E-state index contributed by atoms with van der Waals surface area (Å²) in [4.78, 5) is 12.3. The Bertz CT molecular complexity index is 592. The molecule has 0 aliphatic carbocycles. The molecule has 20 heavy (non-hydrogen) atoms. The summed E-state index contributed by atoms with van der Waals surface area (Å²) in [7, 11) is 0. The lowest BCUT2D eigenvalue weighted by molar-refractivity contribution is 0.0952. The molecule has 0 radical (unpaired) electrons. The summed E-state index contributed by atoms with van der Waals surface area (Å²) in [5.41, 5.74) is 2.97. The van der Waals surface area contributed by atoms with Crippen LogP contribution in [0.3, 0.4) is 0 Å². The average molecular weight is 270 g/mol. The van der Waals surface area contributed by atoms with E-state index in [0.29, 0.717) is 13.1 Å². The first-order chi connectivity index (χ1) is 9.84. The van der Waals surface area contributed by atoms with Gasteiger partial charge in [-0.1, -0.05) is 12.1 Å². The molecule has 0 unspecified atom stereocenters. The molecule has 0 bridgehead atoms. The Morgan fingerprint density at radius 1 is 1.40 bits per heavy atom. The van der Waals surface area contributed by atoms with E-state index in [1.807, 2.05) is 24.4 Å². The van der Waals surface area contributed by atoms with Crippen molar-refractivity contribution in [1.82, 2.24) is 15.1 Å². The Balaban J connectivity index is 1.65. The standard InChI is InChI=1S/C15H18N4O/c20-15(17-9-11-19-10-3-8-18-19)13-6-1-4-12-5-2-7-16-14(12)13/h1,3-4,6,8,10,16H,2,5,7,9,11H2,(H,17,20). The Kier molecular flexibility index (Phi) is 3.67. The maximum atomic E-state index is 12.3. The summed E-state index contributed by atoms with van der Waals surface area (Å²) in [5.74, 6) is -0.0246. The number of nitrogens with one attached hydrogen (secondary N) is 2. The summed E-state index contributed by atoms with van der Waals surface area (Å²) >= 11 is 0. The summed E-state index contributed by atoms with van der Waals surface area (Å²) in [6, 6.07) is 7.79. The van der Waals surface area contributed by atoms with Crippen LogP contribution in [0.25, 0.3) is 0 Å². The molecule has 0 saturated heterocycles. The minimum absolute atomic E-state index is 0.0246. The largest absolute Gasteiger partial charge is 0.384 e. The van der Waals surface area contributed by atoms with Gasteiger partial charge in [-0.05, 0) is 30.5 Å². The van der Waals surface area contributed by atoms with Gasteiger partial charge in [-0.25, -0.2) is 0 Å². The predicted molar refractivity (Wildman–Crippen MR) is 77.8 cm³/mol. The van der Waals surface area contributed by atoms with E-state index in [1.165, 1.54) is 5.56 Å². The van der Waals surface area contributed by atoms with E-state index >= 15 is 0 Å². The normalized spacial score (nSPS) is 13.4. The zero-order valence-corrected chi connectivity index (χ0v) is 11.3. The van der Waals surface area contributed by atoms with Gasteiger partial charge in [0.2, 0.25) is 0 Å². The number of hydrogen-bond acceptors (Lipinski definition) is 3. The molecule has 1 aliphatic heterocycles. The SMILES string of the molecule is O=C(NCCn1cccn1)c1cccc2c1NCCC2. The molecule has 5 heteroatoms. The molecule has 2 N–H and O–H groups in total. The minimum Gasteiger partial charge on any atom is -0.384 e. The van der Waals surface area contributed by atoms with Crippen molar-refractivity contribution >= 4 is 11.6 Å². The van der Waals surface area contributed by atoms with Crippen LogP contribution in [-0.2, 0) is 13.0 Å². The molecule has 2 heterocycles.